The number of benzene rings is 2. The van der Waals surface area contributed by atoms with Gasteiger partial charge in [-0.2, -0.15) is 0 Å². The van der Waals surface area contributed by atoms with Crippen molar-refractivity contribution in [3.05, 3.63) is 65.3 Å². The highest BCUT2D eigenvalue weighted by Gasteiger charge is 2.11. The predicted octanol–water partition coefficient (Wildman–Crippen LogP) is 4.09. The number of nitrogens with zero attached hydrogens (tertiary/aromatic N) is 3. The summed E-state index contributed by atoms with van der Waals surface area (Å²) in [6, 6.07) is 16.7. The van der Waals surface area contributed by atoms with Gasteiger partial charge in [0.15, 0.2) is 0 Å². The molecule has 0 aliphatic rings. The van der Waals surface area contributed by atoms with Crippen LogP contribution >= 0.6 is 23.3 Å². The van der Waals surface area contributed by atoms with Crippen molar-refractivity contribution in [3.8, 4) is 11.1 Å². The molecule has 5 nitrogen and oxygen atoms in total. The number of rotatable bonds is 6. The third-order valence-corrected chi connectivity index (χ3v) is 5.24. The molecule has 2 N–H and O–H groups in total. The predicted molar refractivity (Wildman–Crippen MR) is 103 cm³/mol. The van der Waals surface area contributed by atoms with Gasteiger partial charge in [0.25, 0.3) is 0 Å². The summed E-state index contributed by atoms with van der Waals surface area (Å²) in [5.74, 6) is 1.99. The highest BCUT2D eigenvalue weighted by atomic mass is 32.2. The second-order valence-corrected chi connectivity index (χ2v) is 7.40. The molecule has 4 aromatic rings. The molecular weight excluding hydrogens is 352 g/mol. The van der Waals surface area contributed by atoms with Crippen LogP contribution in [0.25, 0.3) is 21.3 Å². The fourth-order valence-electron chi connectivity index (χ4n) is 2.59. The number of nitrogens with two attached hydrogens (primary N) is 1. The third kappa shape index (κ3) is 3.73. The maximum Gasteiger partial charge on any atom is 0.223 e. The minimum absolute atomic E-state index is 0.558. The third-order valence-electron chi connectivity index (χ3n) is 3.78. The molecule has 7 heteroatoms. The zero-order chi connectivity index (χ0) is 17.1. The van der Waals surface area contributed by atoms with E-state index in [0.29, 0.717) is 24.6 Å². The van der Waals surface area contributed by atoms with Crippen molar-refractivity contribution in [2.75, 3.05) is 5.75 Å². The van der Waals surface area contributed by atoms with E-state index in [9.17, 15) is 0 Å². The van der Waals surface area contributed by atoms with Crippen molar-refractivity contribution < 1.29 is 4.42 Å². The van der Waals surface area contributed by atoms with E-state index in [1.54, 1.807) is 11.3 Å². The normalized spacial score (nSPS) is 11.2. The minimum Gasteiger partial charge on any atom is -0.425 e. The average molecular weight is 368 g/mol. The van der Waals surface area contributed by atoms with Crippen LogP contribution in [0.15, 0.2) is 52.9 Å². The molecule has 0 saturated carbocycles. The lowest BCUT2D eigenvalue weighted by atomic mass is 10.1. The molecular formula is C18H16N4OS2. The Morgan fingerprint density at radius 2 is 1.84 bits per heavy atom. The van der Waals surface area contributed by atoms with Crippen LogP contribution in [-0.4, -0.2) is 20.9 Å². The molecule has 2 heterocycles. The lowest BCUT2D eigenvalue weighted by Crippen LogP contribution is -1.91. The van der Waals surface area contributed by atoms with Crippen LogP contribution in [0.1, 0.15) is 16.8 Å². The number of aryl methyl sites for hydroxylation is 1. The Hall–Kier alpha value is -2.22. The maximum absolute atomic E-state index is 5.65. The van der Waals surface area contributed by atoms with Crippen LogP contribution in [0.5, 0.6) is 0 Å². The molecule has 0 amide bonds. The van der Waals surface area contributed by atoms with E-state index in [4.69, 9.17) is 9.56 Å². The van der Waals surface area contributed by atoms with E-state index < -0.39 is 0 Å². The average Bonchev–Trinajstić information content (AvgIpc) is 3.26. The summed E-state index contributed by atoms with van der Waals surface area (Å²) in [4.78, 5) is 4.68. The van der Waals surface area contributed by atoms with E-state index in [0.717, 1.165) is 21.0 Å². The highest BCUT2D eigenvalue weighted by molar-refractivity contribution is 7.97. The number of fused-ring (bicyclic) bond motifs is 1. The van der Waals surface area contributed by atoms with E-state index >= 15 is 0 Å². The Kier molecular flexibility index (Phi) is 4.78. The molecule has 0 fully saturated rings. The first-order valence-corrected chi connectivity index (χ1v) is 9.76. The van der Waals surface area contributed by atoms with Crippen molar-refractivity contribution in [2.24, 2.45) is 5.14 Å². The largest absolute Gasteiger partial charge is 0.425 e. The second-order valence-electron chi connectivity index (χ2n) is 5.54. The van der Waals surface area contributed by atoms with Gasteiger partial charge in [0.05, 0.1) is 16.6 Å². The summed E-state index contributed by atoms with van der Waals surface area (Å²) in [5, 5.41) is 14.5. The first kappa shape index (κ1) is 16.3. The van der Waals surface area contributed by atoms with Crippen molar-refractivity contribution in [1.82, 2.24) is 15.2 Å². The van der Waals surface area contributed by atoms with Gasteiger partial charge in [-0.3, -0.25) is 5.14 Å². The first-order valence-electron chi connectivity index (χ1n) is 7.89. The molecule has 0 spiro atoms. The number of hydrogen-bond donors (Lipinski definition) is 1. The fraction of sp³-hybridized carbons (Fsp3) is 0.167. The summed E-state index contributed by atoms with van der Waals surface area (Å²) in [7, 11) is 0. The Morgan fingerprint density at radius 3 is 2.68 bits per heavy atom. The lowest BCUT2D eigenvalue weighted by molar-refractivity contribution is 0.463. The van der Waals surface area contributed by atoms with E-state index in [1.165, 1.54) is 23.1 Å². The van der Waals surface area contributed by atoms with Gasteiger partial charge < -0.3 is 4.42 Å². The smallest absolute Gasteiger partial charge is 0.223 e. The van der Waals surface area contributed by atoms with E-state index in [2.05, 4.69) is 45.5 Å². The molecule has 0 unspecified atom stereocenters. The van der Waals surface area contributed by atoms with Gasteiger partial charge in [-0.1, -0.05) is 48.3 Å². The van der Waals surface area contributed by atoms with Crippen molar-refractivity contribution in [1.29, 1.82) is 0 Å². The van der Waals surface area contributed by atoms with Gasteiger partial charge in [-0.15, -0.1) is 21.5 Å². The molecule has 0 aliphatic heterocycles. The van der Waals surface area contributed by atoms with Crippen molar-refractivity contribution in [3.63, 3.8) is 0 Å². The van der Waals surface area contributed by atoms with E-state index in [1.807, 2.05) is 18.2 Å². The molecule has 0 saturated heterocycles. The lowest BCUT2D eigenvalue weighted by Gasteiger charge is -2.00. The summed E-state index contributed by atoms with van der Waals surface area (Å²) in [5.41, 5.74) is 3.40. The van der Waals surface area contributed by atoms with Crippen LogP contribution in [-0.2, 0) is 12.8 Å². The summed E-state index contributed by atoms with van der Waals surface area (Å²) < 4.78 is 6.82. The zero-order valence-corrected chi connectivity index (χ0v) is 15.0. The molecule has 126 valence electrons. The monoisotopic (exact) mass is 368 g/mol. The molecule has 4 rings (SSSR count). The van der Waals surface area contributed by atoms with Gasteiger partial charge in [0.1, 0.15) is 5.01 Å². The van der Waals surface area contributed by atoms with E-state index in [-0.39, 0.29) is 0 Å². The second kappa shape index (κ2) is 7.35. The van der Waals surface area contributed by atoms with Crippen LogP contribution in [0, 0.1) is 0 Å². The zero-order valence-electron chi connectivity index (χ0n) is 13.4. The topological polar surface area (TPSA) is 77.8 Å². The quantitative estimate of drug-likeness (QED) is 0.517. The molecule has 0 aliphatic carbocycles. The fourth-order valence-corrected chi connectivity index (χ4v) is 3.88. The number of aromatic nitrogens is 3. The standard InChI is InChI=1S/C18H16N4OS2/c19-24-9-8-16-21-22-17(23-16)11-18-20-14-7-6-13(10-15(14)25-18)12-4-2-1-3-5-12/h1-7,10H,8-9,11,19H2. The molecule has 0 radical (unpaired) electrons. The van der Waals surface area contributed by atoms with Gasteiger partial charge in [-0.25, -0.2) is 4.98 Å². The Labute approximate surface area is 153 Å². The first-order chi connectivity index (χ1) is 12.3. The molecule has 25 heavy (non-hydrogen) atoms. The Balaban J connectivity index is 1.56. The van der Waals surface area contributed by atoms with Crippen LogP contribution in [0.2, 0.25) is 0 Å². The minimum atomic E-state index is 0.558. The molecule has 0 bridgehead atoms. The molecule has 2 aromatic heterocycles. The number of hydrogen-bond acceptors (Lipinski definition) is 7. The molecule has 2 aromatic carbocycles. The Bertz CT molecular complexity index is 981. The van der Waals surface area contributed by atoms with Crippen LogP contribution in [0.3, 0.4) is 0 Å². The van der Waals surface area contributed by atoms with Crippen LogP contribution in [0.4, 0.5) is 0 Å². The summed E-state index contributed by atoms with van der Waals surface area (Å²) in [6.07, 6.45) is 1.25. The van der Waals surface area contributed by atoms with Gasteiger partial charge in [0, 0.05) is 12.2 Å². The molecule has 0 atom stereocenters. The van der Waals surface area contributed by atoms with Crippen molar-refractivity contribution in [2.45, 2.75) is 12.8 Å². The summed E-state index contributed by atoms with van der Waals surface area (Å²) >= 11 is 2.94. The summed E-state index contributed by atoms with van der Waals surface area (Å²) in [6.45, 7) is 0. The highest BCUT2D eigenvalue weighted by Crippen LogP contribution is 2.29. The van der Waals surface area contributed by atoms with Gasteiger partial charge >= 0.3 is 0 Å². The van der Waals surface area contributed by atoms with Crippen LogP contribution < -0.4 is 5.14 Å². The number of thiazole rings is 1. The van der Waals surface area contributed by atoms with Gasteiger partial charge in [-0.05, 0) is 23.3 Å². The Morgan fingerprint density at radius 1 is 1.00 bits per heavy atom. The maximum atomic E-state index is 5.65. The van der Waals surface area contributed by atoms with Crippen molar-refractivity contribution >= 4 is 33.5 Å². The SMILES string of the molecule is NSCCc1nnc(Cc2nc3ccc(-c4ccccc4)cc3s2)o1. The van der Waals surface area contributed by atoms with Gasteiger partial charge in [0.2, 0.25) is 11.8 Å².